The molecule has 0 aliphatic carbocycles. The summed E-state index contributed by atoms with van der Waals surface area (Å²) in [6.45, 7) is 6.83. The van der Waals surface area contributed by atoms with Crippen LogP contribution in [0.2, 0.25) is 0 Å². The number of rotatable bonds is 9. The highest BCUT2D eigenvalue weighted by molar-refractivity contribution is 6.07. The van der Waals surface area contributed by atoms with E-state index in [1.807, 2.05) is 48.5 Å². The van der Waals surface area contributed by atoms with E-state index in [1.54, 1.807) is 26.2 Å². The van der Waals surface area contributed by atoms with Crippen LogP contribution >= 0.6 is 0 Å². The molecule has 1 amide bonds. The Morgan fingerprint density at radius 1 is 0.900 bits per heavy atom. The molecule has 8 heteroatoms. The molecule has 2 heterocycles. The number of amides is 1. The van der Waals surface area contributed by atoms with E-state index in [0.29, 0.717) is 29.0 Å². The number of para-hydroxylation sites is 2. The summed E-state index contributed by atoms with van der Waals surface area (Å²) in [7, 11) is 3.21. The molecule has 0 unspecified atom stereocenters. The quantitative estimate of drug-likeness (QED) is 0.307. The summed E-state index contributed by atoms with van der Waals surface area (Å²) in [6.07, 6.45) is 0.797. The van der Waals surface area contributed by atoms with Gasteiger partial charge in [-0.3, -0.25) is 14.5 Å². The molecule has 8 nitrogen and oxygen atoms in total. The Kier molecular flexibility index (Phi) is 8.36. The Morgan fingerprint density at radius 3 is 2.33 bits per heavy atom. The molecule has 1 aromatic heterocycles. The van der Waals surface area contributed by atoms with Gasteiger partial charge in [-0.2, -0.15) is 0 Å². The highest BCUT2D eigenvalue weighted by Gasteiger charge is 2.23. The number of nitrogens with one attached hydrogen (secondary N) is 1. The molecule has 0 radical (unpaired) electrons. The van der Waals surface area contributed by atoms with E-state index in [4.69, 9.17) is 13.9 Å². The van der Waals surface area contributed by atoms with Gasteiger partial charge in [-0.1, -0.05) is 42.5 Å². The number of fused-ring (bicyclic) bond motifs is 1. The van der Waals surface area contributed by atoms with Crippen molar-refractivity contribution in [3.05, 3.63) is 88.1 Å². The lowest BCUT2D eigenvalue weighted by atomic mass is 10.0. The SMILES string of the molecule is COc1ccccc1N1CCN(CCCNC(=O)c2c(OC)ccc3c(=O)c(C)c(-c4ccccc4)oc23)CC1. The Bertz CT molecular complexity index is 1540. The molecule has 0 atom stereocenters. The molecule has 4 aromatic rings. The van der Waals surface area contributed by atoms with Crippen LogP contribution < -0.4 is 25.1 Å². The lowest BCUT2D eigenvalue weighted by Gasteiger charge is -2.36. The number of nitrogens with zero attached hydrogens (tertiary/aromatic N) is 2. The molecule has 1 saturated heterocycles. The fourth-order valence-electron chi connectivity index (χ4n) is 5.28. The third kappa shape index (κ3) is 5.53. The third-order valence-electron chi connectivity index (χ3n) is 7.47. The maximum Gasteiger partial charge on any atom is 0.258 e. The molecule has 208 valence electrons. The number of hydrogen-bond donors (Lipinski definition) is 1. The second-order valence-corrected chi connectivity index (χ2v) is 9.88. The van der Waals surface area contributed by atoms with Gasteiger partial charge in [-0.05, 0) is 44.2 Å². The number of hydrogen-bond acceptors (Lipinski definition) is 7. The van der Waals surface area contributed by atoms with E-state index in [2.05, 4.69) is 21.2 Å². The Labute approximate surface area is 234 Å². The standard InChI is InChI=1S/C32H35N3O5/c1-22-29(36)24-14-15-27(39-3)28(31(24)40-30(22)23-10-5-4-6-11-23)32(37)33-16-9-17-34-18-20-35(21-19-34)25-12-7-8-13-26(25)38-2/h4-8,10-15H,9,16-21H2,1-3H3,(H,33,37). The molecule has 3 aromatic carbocycles. The minimum absolute atomic E-state index is 0.163. The van der Waals surface area contributed by atoms with Gasteiger partial charge in [-0.25, -0.2) is 0 Å². The van der Waals surface area contributed by atoms with Crippen LogP contribution in [0.25, 0.3) is 22.3 Å². The summed E-state index contributed by atoms with van der Waals surface area (Å²) in [4.78, 5) is 31.4. The molecule has 0 bridgehead atoms. The van der Waals surface area contributed by atoms with Gasteiger partial charge in [0.25, 0.3) is 5.91 Å². The summed E-state index contributed by atoms with van der Waals surface area (Å²) in [5, 5.41) is 3.37. The highest BCUT2D eigenvalue weighted by atomic mass is 16.5. The first-order chi connectivity index (χ1) is 19.5. The van der Waals surface area contributed by atoms with Crippen molar-refractivity contribution in [3.8, 4) is 22.8 Å². The Balaban J connectivity index is 1.25. The first-order valence-electron chi connectivity index (χ1n) is 13.6. The van der Waals surface area contributed by atoms with Crippen LogP contribution in [0.3, 0.4) is 0 Å². The van der Waals surface area contributed by atoms with Crippen LogP contribution in [0.5, 0.6) is 11.5 Å². The summed E-state index contributed by atoms with van der Waals surface area (Å²) >= 11 is 0. The molecule has 1 N–H and O–H groups in total. The van der Waals surface area contributed by atoms with E-state index < -0.39 is 0 Å². The smallest absolute Gasteiger partial charge is 0.258 e. The van der Waals surface area contributed by atoms with E-state index in [1.165, 1.54) is 7.11 Å². The second kappa shape index (κ2) is 12.3. The summed E-state index contributed by atoms with van der Waals surface area (Å²) in [6, 6.07) is 20.8. The molecule has 1 aliphatic heterocycles. The number of carbonyl (C=O) groups is 1. The van der Waals surface area contributed by atoms with Gasteiger partial charge in [0.1, 0.15) is 22.8 Å². The lowest BCUT2D eigenvalue weighted by molar-refractivity contribution is 0.0949. The highest BCUT2D eigenvalue weighted by Crippen LogP contribution is 2.32. The minimum Gasteiger partial charge on any atom is -0.496 e. The van der Waals surface area contributed by atoms with Gasteiger partial charge >= 0.3 is 0 Å². The summed E-state index contributed by atoms with van der Waals surface area (Å²) in [5.74, 6) is 1.38. The number of benzene rings is 3. The van der Waals surface area contributed by atoms with Crippen LogP contribution in [-0.2, 0) is 0 Å². The monoisotopic (exact) mass is 541 g/mol. The minimum atomic E-state index is -0.325. The van der Waals surface area contributed by atoms with Crippen molar-refractivity contribution in [2.45, 2.75) is 13.3 Å². The molecule has 1 aliphatic rings. The number of piperazine rings is 1. The number of anilines is 1. The van der Waals surface area contributed by atoms with Crippen LogP contribution in [-0.4, -0.2) is 64.3 Å². The zero-order valence-electron chi connectivity index (χ0n) is 23.2. The Hall–Kier alpha value is -4.30. The van der Waals surface area contributed by atoms with E-state index in [-0.39, 0.29) is 22.5 Å². The largest absolute Gasteiger partial charge is 0.496 e. The van der Waals surface area contributed by atoms with Crippen molar-refractivity contribution in [3.63, 3.8) is 0 Å². The van der Waals surface area contributed by atoms with Crippen LogP contribution in [0.4, 0.5) is 5.69 Å². The molecule has 5 rings (SSSR count). The first-order valence-corrected chi connectivity index (χ1v) is 13.6. The maximum absolute atomic E-state index is 13.4. The fraction of sp³-hybridized carbons (Fsp3) is 0.312. The maximum atomic E-state index is 13.4. The summed E-state index contributed by atoms with van der Waals surface area (Å²) < 4.78 is 17.3. The van der Waals surface area contributed by atoms with Gasteiger partial charge in [-0.15, -0.1) is 0 Å². The summed E-state index contributed by atoms with van der Waals surface area (Å²) in [5.41, 5.74) is 2.71. The molecule has 40 heavy (non-hydrogen) atoms. The van der Waals surface area contributed by atoms with Gasteiger partial charge in [0.15, 0.2) is 11.0 Å². The predicted octanol–water partition coefficient (Wildman–Crippen LogP) is 4.73. The number of methoxy groups -OCH3 is 2. The average Bonchev–Trinajstić information content (AvgIpc) is 3.01. The van der Waals surface area contributed by atoms with E-state index in [9.17, 15) is 9.59 Å². The third-order valence-corrected chi connectivity index (χ3v) is 7.47. The van der Waals surface area contributed by atoms with E-state index >= 15 is 0 Å². The zero-order chi connectivity index (χ0) is 28.1. The van der Waals surface area contributed by atoms with Crippen molar-refractivity contribution in [2.24, 2.45) is 0 Å². The second-order valence-electron chi connectivity index (χ2n) is 9.88. The number of carbonyl (C=O) groups excluding carboxylic acids is 1. The van der Waals surface area contributed by atoms with Crippen LogP contribution in [0, 0.1) is 6.92 Å². The molecular weight excluding hydrogens is 506 g/mol. The van der Waals surface area contributed by atoms with Crippen LogP contribution in [0.1, 0.15) is 22.3 Å². The normalized spacial score (nSPS) is 13.8. The topological polar surface area (TPSA) is 84.3 Å². The number of ether oxygens (including phenoxy) is 2. The van der Waals surface area contributed by atoms with Gasteiger partial charge < -0.3 is 24.1 Å². The van der Waals surface area contributed by atoms with E-state index in [0.717, 1.165) is 56.1 Å². The zero-order valence-corrected chi connectivity index (χ0v) is 23.2. The van der Waals surface area contributed by atoms with Crippen molar-refractivity contribution in [2.75, 3.05) is 58.4 Å². The lowest BCUT2D eigenvalue weighted by Crippen LogP contribution is -2.47. The Morgan fingerprint density at radius 2 is 1.60 bits per heavy atom. The fourth-order valence-corrected chi connectivity index (χ4v) is 5.28. The molecule has 0 spiro atoms. The first kappa shape index (κ1) is 27.3. The molecular formula is C32H35N3O5. The van der Waals surface area contributed by atoms with Crippen molar-refractivity contribution < 1.29 is 18.7 Å². The van der Waals surface area contributed by atoms with Gasteiger partial charge in [0.05, 0.1) is 25.3 Å². The molecule has 0 saturated carbocycles. The van der Waals surface area contributed by atoms with Crippen molar-refractivity contribution >= 4 is 22.6 Å². The van der Waals surface area contributed by atoms with Crippen molar-refractivity contribution in [1.29, 1.82) is 0 Å². The predicted molar refractivity (Wildman–Crippen MR) is 158 cm³/mol. The van der Waals surface area contributed by atoms with Gasteiger partial charge in [0, 0.05) is 43.9 Å². The van der Waals surface area contributed by atoms with Gasteiger partial charge in [0.2, 0.25) is 0 Å². The molecule has 1 fully saturated rings. The van der Waals surface area contributed by atoms with Crippen molar-refractivity contribution in [1.82, 2.24) is 10.2 Å². The van der Waals surface area contributed by atoms with Crippen LogP contribution in [0.15, 0.2) is 75.9 Å². The average molecular weight is 542 g/mol.